The van der Waals surface area contributed by atoms with Crippen LogP contribution in [0.1, 0.15) is 0 Å². The van der Waals surface area contributed by atoms with Crippen LogP contribution in [-0.4, -0.2) is 27.4 Å². The van der Waals surface area contributed by atoms with E-state index in [1.807, 2.05) is 0 Å². The van der Waals surface area contributed by atoms with E-state index in [9.17, 15) is 0 Å². The zero-order valence-electron chi connectivity index (χ0n) is 62.3. The fraction of sp³-hybridized carbons (Fsp3) is 0. The Morgan fingerprint density at radius 2 is 0.281 bits per heavy atom. The Labute approximate surface area is 658 Å². The smallest absolute Gasteiger partial charge is 0.0547 e. The highest BCUT2D eigenvalue weighted by Gasteiger charge is 2.21. The summed E-state index contributed by atoms with van der Waals surface area (Å²) < 4.78 is 14.2. The van der Waals surface area contributed by atoms with Crippen molar-refractivity contribution < 1.29 is 0 Å². The van der Waals surface area contributed by atoms with Gasteiger partial charge < -0.3 is 27.4 Å². The molecule has 0 unspecified atom stereocenters. The molecule has 0 aliphatic rings. The second-order valence-electron chi connectivity index (χ2n) is 29.5. The number of aromatic nitrogens is 6. The Morgan fingerprint density at radius 1 is 0.0965 bits per heavy atom. The Morgan fingerprint density at radius 3 is 0.561 bits per heavy atom. The molecule has 0 N–H and O–H groups in total. The van der Waals surface area contributed by atoms with Crippen molar-refractivity contribution in [1.82, 2.24) is 27.4 Å². The first-order valence-corrected chi connectivity index (χ1v) is 39.1. The van der Waals surface area contributed by atoms with Crippen molar-refractivity contribution in [2.45, 2.75) is 0 Å². The van der Waals surface area contributed by atoms with Crippen LogP contribution in [0.15, 0.2) is 437 Å². The minimum Gasteiger partial charge on any atom is -0.309 e. The summed E-state index contributed by atoms with van der Waals surface area (Å²) in [6.45, 7) is 0. The molecule has 6 heteroatoms. The van der Waals surface area contributed by atoms with Crippen LogP contribution < -0.4 is 0 Å². The van der Waals surface area contributed by atoms with Gasteiger partial charge in [0.25, 0.3) is 0 Å². The van der Waals surface area contributed by atoms with E-state index in [-0.39, 0.29) is 0 Å². The molecule has 24 rings (SSSR count). The van der Waals surface area contributed by atoms with E-state index < -0.39 is 0 Å². The van der Waals surface area contributed by atoms with Gasteiger partial charge in [0.1, 0.15) is 0 Å². The molecule has 534 valence electrons. The maximum Gasteiger partial charge on any atom is 0.0547 e. The molecule has 0 saturated heterocycles. The van der Waals surface area contributed by atoms with Gasteiger partial charge in [0.2, 0.25) is 0 Å². The predicted molar refractivity (Wildman–Crippen MR) is 482 cm³/mol. The number of hydrogen-bond acceptors (Lipinski definition) is 0. The van der Waals surface area contributed by atoms with Crippen molar-refractivity contribution in [1.29, 1.82) is 0 Å². The lowest BCUT2D eigenvalue weighted by Crippen LogP contribution is -1.94. The molecule has 0 aliphatic heterocycles. The van der Waals surface area contributed by atoms with Gasteiger partial charge in [-0.1, -0.05) is 267 Å². The number of benzene rings is 18. The van der Waals surface area contributed by atoms with Crippen molar-refractivity contribution in [2.24, 2.45) is 0 Å². The Kier molecular flexibility index (Phi) is 15.8. The molecule has 18 aromatic carbocycles. The summed E-state index contributed by atoms with van der Waals surface area (Å²) in [5.41, 5.74) is 29.1. The average Bonchev–Trinajstić information content (AvgIpc) is 1.61. The summed E-state index contributed by atoms with van der Waals surface area (Å²) >= 11 is 0. The molecule has 0 amide bonds. The predicted octanol–water partition coefficient (Wildman–Crippen LogP) is 28.6. The average molecular weight is 1450 g/mol. The zero-order valence-corrected chi connectivity index (χ0v) is 62.3. The van der Waals surface area contributed by atoms with Gasteiger partial charge in [0.05, 0.1) is 66.2 Å². The van der Waals surface area contributed by atoms with E-state index in [2.05, 4.69) is 464 Å². The van der Waals surface area contributed by atoms with Gasteiger partial charge in [-0.25, -0.2) is 0 Å². The highest BCUT2D eigenvalue weighted by atomic mass is 15.0. The minimum absolute atomic E-state index is 1.17. The van der Waals surface area contributed by atoms with Crippen molar-refractivity contribution >= 4 is 131 Å². The topological polar surface area (TPSA) is 29.6 Å². The van der Waals surface area contributed by atoms with Crippen LogP contribution in [0, 0.1) is 0 Å². The van der Waals surface area contributed by atoms with E-state index in [1.165, 1.54) is 198 Å². The van der Waals surface area contributed by atoms with E-state index in [0.29, 0.717) is 0 Å². The molecule has 0 spiro atoms. The van der Waals surface area contributed by atoms with E-state index in [1.54, 1.807) is 0 Å². The maximum atomic E-state index is 2.38. The molecule has 0 saturated carbocycles. The zero-order chi connectivity index (χ0) is 75.2. The lowest BCUT2D eigenvalue weighted by Gasteiger charge is -2.11. The van der Waals surface area contributed by atoms with E-state index in [0.717, 1.165) is 0 Å². The Hall–Kier alpha value is -15.2. The van der Waals surface area contributed by atoms with Gasteiger partial charge >= 0.3 is 0 Å². The summed E-state index contributed by atoms with van der Waals surface area (Å²) in [6.07, 6.45) is 0. The third kappa shape index (κ3) is 10.9. The Bertz CT molecular complexity index is 7610. The van der Waals surface area contributed by atoms with Crippen LogP contribution in [0.3, 0.4) is 0 Å². The van der Waals surface area contributed by atoms with Crippen LogP contribution in [0.25, 0.3) is 198 Å². The van der Waals surface area contributed by atoms with Crippen molar-refractivity contribution in [2.75, 3.05) is 0 Å². The molecule has 0 atom stereocenters. The van der Waals surface area contributed by atoms with E-state index >= 15 is 0 Å². The summed E-state index contributed by atoms with van der Waals surface area (Å²) in [5, 5.41) is 15.3. The second kappa shape index (κ2) is 27.4. The van der Waals surface area contributed by atoms with Crippen LogP contribution in [0.4, 0.5) is 0 Å². The molecule has 0 aliphatic carbocycles. The van der Waals surface area contributed by atoms with Crippen LogP contribution in [0.2, 0.25) is 0 Å². The molecule has 114 heavy (non-hydrogen) atoms. The molecule has 6 nitrogen and oxygen atoms in total. The normalized spacial score (nSPS) is 11.7. The van der Waals surface area contributed by atoms with Gasteiger partial charge in [-0.15, -0.1) is 0 Å². The molecular formula is C108H72N6. The fourth-order valence-electron chi connectivity index (χ4n) is 18.1. The molecule has 0 bridgehead atoms. The molecular weight excluding hydrogens is 1380 g/mol. The summed E-state index contributed by atoms with van der Waals surface area (Å²) in [5.74, 6) is 0. The van der Waals surface area contributed by atoms with Crippen LogP contribution >= 0.6 is 0 Å². The number of para-hydroxylation sites is 12. The van der Waals surface area contributed by atoms with Gasteiger partial charge in [-0.05, 0) is 203 Å². The number of rotatable bonds is 9. The standard InChI is InChI=1S/3C36H24N2/c1-3-11-27(12-4-1)37-34-18-10-8-16-30(34)32-23-25(20-22-35(32)37)26-19-21-31-29-15-7-9-17-33(29)38(36(31)24-26)28-13-5-2-6-14-28;1-3-11-27(12-4-1)37-33-17-9-7-15-29(33)31-23-25(19-21-35(31)37)26-20-22-36-32(24-26)30-16-8-10-18-34(30)38(36)28-13-5-2-6-14-28;1-2-12-27(13-3-1)37-35-20-9-6-17-31(35)32-24-26(21-22-36(32)37)25-11-10-14-28(23-25)38-33-18-7-4-15-29(33)30-16-5-8-19-34(30)38/h3*1-24H. The van der Waals surface area contributed by atoms with Crippen molar-refractivity contribution in [3.8, 4) is 67.5 Å². The highest BCUT2D eigenvalue weighted by molar-refractivity contribution is 6.16. The number of fused-ring (bicyclic) bond motifs is 18. The van der Waals surface area contributed by atoms with Crippen molar-refractivity contribution in [3.05, 3.63) is 437 Å². The quantitative estimate of drug-likeness (QED) is 0.138. The first-order valence-electron chi connectivity index (χ1n) is 39.1. The molecule has 6 heterocycles. The first kappa shape index (κ1) is 65.8. The van der Waals surface area contributed by atoms with Crippen LogP contribution in [0.5, 0.6) is 0 Å². The van der Waals surface area contributed by atoms with Crippen LogP contribution in [-0.2, 0) is 0 Å². The summed E-state index contributed by atoms with van der Waals surface area (Å²) in [7, 11) is 0. The molecule has 6 aromatic heterocycles. The van der Waals surface area contributed by atoms with Gasteiger partial charge in [-0.3, -0.25) is 0 Å². The molecule has 0 radical (unpaired) electrons. The third-order valence-corrected chi connectivity index (χ3v) is 23.1. The lowest BCUT2D eigenvalue weighted by atomic mass is 10.0. The first-order chi connectivity index (χ1) is 56.6. The lowest BCUT2D eigenvalue weighted by molar-refractivity contribution is 1.18. The minimum atomic E-state index is 1.17. The third-order valence-electron chi connectivity index (χ3n) is 23.1. The van der Waals surface area contributed by atoms with Gasteiger partial charge in [-0.2, -0.15) is 0 Å². The fourth-order valence-corrected chi connectivity index (χ4v) is 18.1. The summed E-state index contributed by atoms with van der Waals surface area (Å²) in [4.78, 5) is 0. The van der Waals surface area contributed by atoms with Gasteiger partial charge in [0, 0.05) is 98.8 Å². The van der Waals surface area contributed by atoms with E-state index in [4.69, 9.17) is 0 Å². The van der Waals surface area contributed by atoms with Gasteiger partial charge in [0.15, 0.2) is 0 Å². The maximum absolute atomic E-state index is 2.38. The monoisotopic (exact) mass is 1450 g/mol. The van der Waals surface area contributed by atoms with Crippen molar-refractivity contribution in [3.63, 3.8) is 0 Å². The number of hydrogen-bond donors (Lipinski definition) is 0. The Balaban J connectivity index is 0.000000104. The molecule has 0 fully saturated rings. The largest absolute Gasteiger partial charge is 0.309 e. The SMILES string of the molecule is c1ccc(-n2c3ccccc3c3cc(-c4ccc5c(c4)c4ccccc4n5-c4ccccc4)ccc32)cc1.c1ccc(-n2c3ccccc3c3cc(-c4ccc5c6ccccc6n(-c6ccccc6)c5c4)ccc32)cc1.c1ccc(-n2c3ccccc3c3cc(-c4cccc(-n5c6ccccc6c6ccccc65)c4)ccc32)cc1. The summed E-state index contributed by atoms with van der Waals surface area (Å²) in [6, 6.07) is 157. The highest BCUT2D eigenvalue weighted by Crippen LogP contribution is 2.43. The molecule has 24 aromatic rings. The second-order valence-corrected chi connectivity index (χ2v) is 29.5. The number of nitrogens with zero attached hydrogens (tertiary/aromatic N) is 6.